The van der Waals surface area contributed by atoms with Crippen molar-refractivity contribution >= 4 is 92.3 Å². The van der Waals surface area contributed by atoms with Gasteiger partial charge in [-0.05, 0) is 40.4 Å². The summed E-state index contributed by atoms with van der Waals surface area (Å²) in [7, 11) is 0. The van der Waals surface area contributed by atoms with Crippen LogP contribution in [0.2, 0.25) is 0 Å². The highest BCUT2D eigenvalue weighted by Gasteiger charge is 2.26. The molecule has 4 aromatic heterocycles. The van der Waals surface area contributed by atoms with Gasteiger partial charge in [0.25, 0.3) is 0 Å². The summed E-state index contributed by atoms with van der Waals surface area (Å²) in [6.07, 6.45) is 0. The monoisotopic (exact) mass is 634 g/mol. The summed E-state index contributed by atoms with van der Waals surface area (Å²) < 4.78 is 4.82. The number of hydrogen-bond acceptors (Lipinski definition) is 2. The summed E-state index contributed by atoms with van der Waals surface area (Å²) in [4.78, 5) is 10.9. The van der Waals surface area contributed by atoms with E-state index in [0.717, 1.165) is 38.6 Å². The lowest BCUT2D eigenvalue weighted by Crippen LogP contribution is -2.04. The van der Waals surface area contributed by atoms with Gasteiger partial charge in [0.05, 0.1) is 38.8 Å². The number of para-hydroxylation sites is 2. The predicted octanol–water partition coefficient (Wildman–Crippen LogP) is 11.9. The molecule has 4 nitrogen and oxygen atoms in total. The number of aromatic nitrogens is 4. The molecule has 0 spiro atoms. The van der Waals surface area contributed by atoms with Gasteiger partial charge in [-0.1, -0.05) is 133 Å². The summed E-state index contributed by atoms with van der Waals surface area (Å²) in [5.41, 5.74) is 8.87. The average molecular weight is 635 g/mol. The molecule has 0 aliphatic carbocycles. The molecule has 0 fully saturated rings. The second kappa shape index (κ2) is 9.43. The number of benzene rings is 8. The van der Waals surface area contributed by atoms with Crippen molar-refractivity contribution in [1.82, 2.24) is 18.9 Å². The molecule has 0 N–H and O–H groups in total. The van der Waals surface area contributed by atoms with Crippen molar-refractivity contribution in [2.24, 2.45) is 0 Å². The van der Waals surface area contributed by atoms with Crippen molar-refractivity contribution in [1.29, 1.82) is 0 Å². The number of nitrogens with zero attached hydrogens (tertiary/aromatic N) is 4. The molecule has 0 atom stereocenters. The Labute approximate surface area is 285 Å². The zero-order valence-electron chi connectivity index (χ0n) is 26.8. The lowest BCUT2D eigenvalue weighted by molar-refractivity contribution is 1.02. The largest absolute Gasteiger partial charge is 0.307 e. The highest BCUT2D eigenvalue weighted by atomic mass is 15.2. The number of fused-ring (bicyclic) bond motifs is 15. The molecule has 0 aliphatic rings. The summed E-state index contributed by atoms with van der Waals surface area (Å²) in [5, 5.41) is 13.3. The molecule has 0 radical (unpaired) electrons. The maximum absolute atomic E-state index is 5.52. The maximum atomic E-state index is 5.52. The van der Waals surface area contributed by atoms with E-state index in [0.29, 0.717) is 5.95 Å². The van der Waals surface area contributed by atoms with Crippen LogP contribution in [0, 0.1) is 0 Å². The van der Waals surface area contributed by atoms with Crippen LogP contribution in [0.25, 0.3) is 110 Å². The minimum Gasteiger partial charge on any atom is -0.307 e. The van der Waals surface area contributed by atoms with Gasteiger partial charge in [0.2, 0.25) is 5.95 Å². The van der Waals surface area contributed by atoms with Crippen LogP contribution in [-0.4, -0.2) is 18.9 Å². The summed E-state index contributed by atoms with van der Waals surface area (Å²) in [6.45, 7) is 0. The fourth-order valence-corrected chi connectivity index (χ4v) is 8.76. The van der Waals surface area contributed by atoms with Crippen molar-refractivity contribution in [3.63, 3.8) is 0 Å². The highest BCUT2D eigenvalue weighted by Crippen LogP contribution is 2.47. The first kappa shape index (κ1) is 26.2. The first-order chi connectivity index (χ1) is 24.8. The quantitative estimate of drug-likeness (QED) is 0.177. The van der Waals surface area contributed by atoms with Gasteiger partial charge < -0.3 is 4.40 Å². The lowest BCUT2D eigenvalue weighted by Gasteiger charge is -2.14. The molecule has 0 unspecified atom stereocenters. The third kappa shape index (κ3) is 3.25. The molecule has 230 valence electrons. The van der Waals surface area contributed by atoms with E-state index < -0.39 is 0 Å². The van der Waals surface area contributed by atoms with Crippen molar-refractivity contribution in [2.45, 2.75) is 0 Å². The van der Waals surface area contributed by atoms with E-state index in [4.69, 9.17) is 9.97 Å². The van der Waals surface area contributed by atoms with Gasteiger partial charge in [0.1, 0.15) is 0 Å². The zero-order chi connectivity index (χ0) is 32.5. The first-order valence-corrected chi connectivity index (χ1v) is 17.1. The Balaban J connectivity index is 1.32. The number of hydrogen-bond donors (Lipinski definition) is 0. The Bertz CT molecular complexity index is 3370. The molecular formula is C46H26N4. The molecule has 4 heterocycles. The molecule has 12 rings (SSSR count). The van der Waals surface area contributed by atoms with E-state index >= 15 is 0 Å². The molecular weight excluding hydrogens is 609 g/mol. The average Bonchev–Trinajstić information content (AvgIpc) is 3.82. The minimum atomic E-state index is 0.672. The second-order valence-corrected chi connectivity index (χ2v) is 13.4. The number of rotatable bonds is 2. The highest BCUT2D eigenvalue weighted by molar-refractivity contribution is 6.35. The SMILES string of the molecule is c1ccc(-c2nc(-n3c4ccccc4c4cc5c6ccc7ccccc7c6n6c7ccccc7c(c43)c56)nc3ccc4ccccc4c23)cc1. The molecule has 0 amide bonds. The standard InChI is InChI=1S/C46H26N4/c1-2-14-29(15-3-1)42-40-30-16-6-4-12-27(30)23-25-37(40)47-46(48-42)50-38-20-10-8-18-32(38)35-26-36-33-24-22-28-13-5-7-17-31(28)43(33)49-39-21-11-9-19-34(39)41(44(36)49)45(35)50/h1-26H. The van der Waals surface area contributed by atoms with E-state index in [9.17, 15) is 0 Å². The third-order valence-corrected chi connectivity index (χ3v) is 10.8. The molecule has 0 aliphatic heterocycles. The molecule has 12 aromatic rings. The van der Waals surface area contributed by atoms with E-state index in [1.807, 2.05) is 0 Å². The van der Waals surface area contributed by atoms with Gasteiger partial charge in [-0.25, -0.2) is 9.97 Å². The Morgan fingerprint density at radius 1 is 0.380 bits per heavy atom. The molecule has 0 saturated heterocycles. The topological polar surface area (TPSA) is 35.1 Å². The normalized spacial score (nSPS) is 12.4. The smallest absolute Gasteiger partial charge is 0.235 e. The summed E-state index contributed by atoms with van der Waals surface area (Å²) >= 11 is 0. The van der Waals surface area contributed by atoms with E-state index in [1.54, 1.807) is 0 Å². The van der Waals surface area contributed by atoms with Crippen LogP contribution in [-0.2, 0) is 0 Å². The van der Waals surface area contributed by atoms with Crippen LogP contribution in [0.3, 0.4) is 0 Å². The van der Waals surface area contributed by atoms with E-state index in [1.165, 1.54) is 65.0 Å². The molecule has 0 saturated carbocycles. The fraction of sp³-hybridized carbons (Fsp3) is 0. The molecule has 50 heavy (non-hydrogen) atoms. The Morgan fingerprint density at radius 3 is 1.86 bits per heavy atom. The minimum absolute atomic E-state index is 0.672. The van der Waals surface area contributed by atoms with Crippen molar-refractivity contribution in [3.05, 3.63) is 158 Å². The van der Waals surface area contributed by atoms with E-state index in [-0.39, 0.29) is 0 Å². The third-order valence-electron chi connectivity index (χ3n) is 10.8. The Kier molecular flexibility index (Phi) is 4.94. The van der Waals surface area contributed by atoms with E-state index in [2.05, 4.69) is 167 Å². The lowest BCUT2D eigenvalue weighted by atomic mass is 10.0. The Hall–Kier alpha value is -6.78. The van der Waals surface area contributed by atoms with Crippen LogP contribution in [0.1, 0.15) is 0 Å². The van der Waals surface area contributed by atoms with Crippen LogP contribution in [0.4, 0.5) is 0 Å². The fourth-order valence-electron chi connectivity index (χ4n) is 8.76. The predicted molar refractivity (Wildman–Crippen MR) is 209 cm³/mol. The van der Waals surface area contributed by atoms with Gasteiger partial charge in [0, 0.05) is 48.7 Å². The zero-order valence-corrected chi connectivity index (χ0v) is 26.8. The van der Waals surface area contributed by atoms with Crippen LogP contribution in [0.15, 0.2) is 158 Å². The second-order valence-electron chi connectivity index (χ2n) is 13.4. The summed E-state index contributed by atoms with van der Waals surface area (Å²) in [5.74, 6) is 0.672. The molecule has 4 heteroatoms. The van der Waals surface area contributed by atoms with Gasteiger partial charge >= 0.3 is 0 Å². The summed E-state index contributed by atoms with van der Waals surface area (Å²) in [6, 6.07) is 56.7. The Morgan fingerprint density at radius 2 is 1.02 bits per heavy atom. The van der Waals surface area contributed by atoms with Crippen molar-refractivity contribution < 1.29 is 0 Å². The maximum Gasteiger partial charge on any atom is 0.235 e. The molecule has 0 bridgehead atoms. The molecule has 8 aromatic carbocycles. The van der Waals surface area contributed by atoms with Crippen LogP contribution in [0.5, 0.6) is 0 Å². The van der Waals surface area contributed by atoms with Crippen molar-refractivity contribution in [2.75, 3.05) is 0 Å². The van der Waals surface area contributed by atoms with Crippen LogP contribution < -0.4 is 0 Å². The van der Waals surface area contributed by atoms with Gasteiger partial charge in [0.15, 0.2) is 0 Å². The van der Waals surface area contributed by atoms with Gasteiger partial charge in [-0.15, -0.1) is 0 Å². The van der Waals surface area contributed by atoms with Crippen LogP contribution >= 0.6 is 0 Å². The van der Waals surface area contributed by atoms with Gasteiger partial charge in [-0.3, -0.25) is 4.57 Å². The van der Waals surface area contributed by atoms with Gasteiger partial charge in [-0.2, -0.15) is 0 Å². The first-order valence-electron chi connectivity index (χ1n) is 17.1. The van der Waals surface area contributed by atoms with Crippen molar-refractivity contribution in [3.8, 4) is 17.2 Å².